The monoisotopic (exact) mass is 467 g/mol. The highest BCUT2D eigenvalue weighted by Crippen LogP contribution is 2.50. The van der Waals surface area contributed by atoms with E-state index in [0.717, 1.165) is 23.4 Å². The number of hydrogen-bond acceptors (Lipinski definition) is 6. The Morgan fingerprint density at radius 1 is 1.00 bits per heavy atom. The van der Waals surface area contributed by atoms with Crippen LogP contribution in [0.15, 0.2) is 60.9 Å². The highest BCUT2D eigenvalue weighted by atomic mass is 32.2. The fourth-order valence-electron chi connectivity index (χ4n) is 4.57. The summed E-state index contributed by atoms with van der Waals surface area (Å²) in [4.78, 5) is 10.6. The predicted molar refractivity (Wildman–Crippen MR) is 129 cm³/mol. The van der Waals surface area contributed by atoms with Gasteiger partial charge < -0.3 is 9.64 Å². The van der Waals surface area contributed by atoms with Crippen LogP contribution in [-0.4, -0.2) is 29.0 Å². The molecule has 1 aliphatic heterocycles. The maximum absolute atomic E-state index is 12.8. The van der Waals surface area contributed by atoms with Gasteiger partial charge in [0.25, 0.3) is 10.1 Å². The molecular formula is C25H29N3O4S. The second-order valence-corrected chi connectivity index (χ2v) is 9.99. The third-order valence-electron chi connectivity index (χ3n) is 6.48. The number of fused-ring (bicyclic) bond motifs is 2. The molecule has 33 heavy (non-hydrogen) atoms. The van der Waals surface area contributed by atoms with Crippen LogP contribution in [0.1, 0.15) is 51.4 Å². The first kappa shape index (κ1) is 23.2. The lowest BCUT2D eigenvalue weighted by Gasteiger charge is -2.41. The molecule has 0 amide bonds. The Hall–Kier alpha value is -2.97. The van der Waals surface area contributed by atoms with Crippen LogP contribution in [-0.2, 0) is 21.3 Å². The molecule has 4 rings (SSSR count). The maximum atomic E-state index is 12.8. The minimum absolute atomic E-state index is 0.109. The number of hydrogen-bond donors (Lipinski definition) is 1. The lowest BCUT2D eigenvalue weighted by Crippen LogP contribution is -2.44. The summed E-state index contributed by atoms with van der Waals surface area (Å²) in [6.07, 6.45) is 4.76. The normalized spacial score (nSPS) is 15.7. The molecule has 0 radical (unpaired) electrons. The molecule has 0 aliphatic carbocycles. The Labute approximate surface area is 195 Å². The van der Waals surface area contributed by atoms with Gasteiger partial charge in [0.1, 0.15) is 0 Å². The molecule has 7 nitrogen and oxygen atoms in total. The van der Waals surface area contributed by atoms with Crippen molar-refractivity contribution in [2.45, 2.75) is 57.2 Å². The molecule has 1 N–H and O–H groups in total. The Morgan fingerprint density at radius 2 is 1.70 bits per heavy atom. The molecule has 2 aromatic carbocycles. The van der Waals surface area contributed by atoms with E-state index in [2.05, 4.69) is 27.9 Å². The summed E-state index contributed by atoms with van der Waals surface area (Å²) in [5, 5.41) is 0. The molecular weight excluding hydrogens is 438 g/mol. The summed E-state index contributed by atoms with van der Waals surface area (Å²) < 4.78 is 40.7. The molecule has 8 heteroatoms. The summed E-state index contributed by atoms with van der Waals surface area (Å²) in [6, 6.07) is 15.2. The van der Waals surface area contributed by atoms with Crippen molar-refractivity contribution >= 4 is 21.5 Å². The SMILES string of the molecule is CCc1ccc2c(c1)N(C(CC)CC(CC)(c1ncccn1)S(=O)(=O)O)c1ccccc1O2. The second kappa shape index (κ2) is 9.11. The standard InChI is InChI=1S/C25H29N3O4S/c1-4-18-12-13-23-21(16-18)28(20-10-7-8-11-22(20)32-23)19(5-2)17-25(6-3,33(29,30)31)24-26-14-9-15-27-24/h7-16,19H,4-6,17H2,1-3H3,(H,29,30,31). The number of benzene rings is 2. The largest absolute Gasteiger partial charge is 0.453 e. The quantitative estimate of drug-likeness (QED) is 0.428. The van der Waals surface area contributed by atoms with Crippen LogP contribution in [0.2, 0.25) is 0 Å². The lowest BCUT2D eigenvalue weighted by molar-refractivity contribution is 0.363. The van der Waals surface area contributed by atoms with Crippen LogP contribution >= 0.6 is 0 Å². The Kier molecular flexibility index (Phi) is 6.41. The van der Waals surface area contributed by atoms with E-state index >= 15 is 0 Å². The van der Waals surface area contributed by atoms with Crippen LogP contribution in [0.3, 0.4) is 0 Å². The summed E-state index contributed by atoms with van der Waals surface area (Å²) >= 11 is 0. The number of anilines is 2. The molecule has 3 aromatic rings. The van der Waals surface area contributed by atoms with Gasteiger partial charge in [-0.25, -0.2) is 9.97 Å². The van der Waals surface area contributed by atoms with Crippen LogP contribution < -0.4 is 9.64 Å². The lowest BCUT2D eigenvalue weighted by atomic mass is 9.91. The van der Waals surface area contributed by atoms with Crippen molar-refractivity contribution < 1.29 is 17.7 Å². The Bertz CT molecular complexity index is 1230. The molecule has 1 aliphatic rings. The number of nitrogens with zero attached hydrogens (tertiary/aromatic N) is 3. The average Bonchev–Trinajstić information content (AvgIpc) is 2.83. The number of para-hydroxylation sites is 2. The van der Waals surface area contributed by atoms with E-state index in [4.69, 9.17) is 4.74 Å². The van der Waals surface area contributed by atoms with Gasteiger partial charge >= 0.3 is 0 Å². The molecule has 0 saturated heterocycles. The van der Waals surface area contributed by atoms with Crippen molar-refractivity contribution in [1.82, 2.24) is 9.97 Å². The molecule has 0 bridgehead atoms. The van der Waals surface area contributed by atoms with Crippen molar-refractivity contribution in [2.75, 3.05) is 4.90 Å². The molecule has 1 aromatic heterocycles. The molecule has 2 atom stereocenters. The summed E-state index contributed by atoms with van der Waals surface area (Å²) in [7, 11) is -4.52. The van der Waals surface area contributed by atoms with E-state index in [1.807, 2.05) is 43.3 Å². The molecule has 174 valence electrons. The first-order valence-electron chi connectivity index (χ1n) is 11.3. The van der Waals surface area contributed by atoms with E-state index in [1.165, 1.54) is 12.4 Å². The van der Waals surface area contributed by atoms with E-state index in [-0.39, 0.29) is 24.7 Å². The molecule has 2 unspecified atom stereocenters. The average molecular weight is 468 g/mol. The zero-order chi connectivity index (χ0) is 23.6. The summed E-state index contributed by atoms with van der Waals surface area (Å²) in [5.74, 6) is 1.53. The van der Waals surface area contributed by atoms with Crippen molar-refractivity contribution in [2.24, 2.45) is 0 Å². The van der Waals surface area contributed by atoms with Crippen molar-refractivity contribution in [3.8, 4) is 11.5 Å². The topological polar surface area (TPSA) is 92.6 Å². The smallest absolute Gasteiger partial charge is 0.278 e. The molecule has 0 saturated carbocycles. The molecule has 2 heterocycles. The summed E-state index contributed by atoms with van der Waals surface area (Å²) in [5.41, 5.74) is 2.90. The second-order valence-electron chi connectivity index (χ2n) is 8.26. The van der Waals surface area contributed by atoms with Gasteiger partial charge in [-0.2, -0.15) is 8.42 Å². The van der Waals surface area contributed by atoms with E-state index in [0.29, 0.717) is 17.9 Å². The van der Waals surface area contributed by atoms with Gasteiger partial charge in [-0.05, 0) is 61.6 Å². The predicted octanol–water partition coefficient (Wildman–Crippen LogP) is 5.64. The zero-order valence-corrected chi connectivity index (χ0v) is 19.9. The van der Waals surface area contributed by atoms with Gasteiger partial charge in [0.05, 0.1) is 11.4 Å². The summed E-state index contributed by atoms with van der Waals surface area (Å²) in [6.45, 7) is 5.85. The van der Waals surface area contributed by atoms with Crippen molar-refractivity contribution in [1.29, 1.82) is 0 Å². The van der Waals surface area contributed by atoms with E-state index in [9.17, 15) is 13.0 Å². The fourth-order valence-corrected chi connectivity index (χ4v) is 5.68. The van der Waals surface area contributed by atoms with Crippen LogP contribution in [0.25, 0.3) is 0 Å². The van der Waals surface area contributed by atoms with Gasteiger partial charge in [0.15, 0.2) is 22.1 Å². The molecule has 0 spiro atoms. The Balaban J connectivity index is 1.88. The first-order chi connectivity index (χ1) is 15.8. The molecule has 0 fully saturated rings. The zero-order valence-electron chi connectivity index (χ0n) is 19.1. The van der Waals surface area contributed by atoms with E-state index < -0.39 is 14.9 Å². The van der Waals surface area contributed by atoms with Crippen LogP contribution in [0.4, 0.5) is 11.4 Å². The van der Waals surface area contributed by atoms with Crippen molar-refractivity contribution in [3.63, 3.8) is 0 Å². The maximum Gasteiger partial charge on any atom is 0.278 e. The van der Waals surface area contributed by atoms with Gasteiger partial charge in [0, 0.05) is 18.4 Å². The van der Waals surface area contributed by atoms with Gasteiger partial charge in [-0.15, -0.1) is 0 Å². The van der Waals surface area contributed by atoms with E-state index in [1.54, 1.807) is 13.0 Å². The van der Waals surface area contributed by atoms with Gasteiger partial charge in [0.2, 0.25) is 0 Å². The van der Waals surface area contributed by atoms with Crippen LogP contribution in [0.5, 0.6) is 11.5 Å². The minimum Gasteiger partial charge on any atom is -0.453 e. The highest BCUT2D eigenvalue weighted by Gasteiger charge is 2.49. The third-order valence-corrected chi connectivity index (χ3v) is 8.10. The highest BCUT2D eigenvalue weighted by molar-refractivity contribution is 7.86. The number of aryl methyl sites for hydroxylation is 1. The number of ether oxygens (including phenoxy) is 1. The minimum atomic E-state index is -4.52. The number of rotatable bonds is 8. The van der Waals surface area contributed by atoms with Gasteiger partial charge in [-0.1, -0.05) is 39.0 Å². The van der Waals surface area contributed by atoms with Gasteiger partial charge in [-0.3, -0.25) is 4.55 Å². The van der Waals surface area contributed by atoms with Crippen LogP contribution in [0, 0.1) is 0 Å². The van der Waals surface area contributed by atoms with Crippen molar-refractivity contribution in [3.05, 3.63) is 72.3 Å². The number of aromatic nitrogens is 2. The fraction of sp³-hybridized carbons (Fsp3) is 0.360. The Morgan fingerprint density at radius 3 is 2.33 bits per heavy atom. The first-order valence-corrected chi connectivity index (χ1v) is 12.7. The third kappa shape index (κ3) is 4.09.